The van der Waals surface area contributed by atoms with Crippen LogP contribution in [-0.4, -0.2) is 36.6 Å². The number of piperidine rings is 1. The summed E-state index contributed by atoms with van der Waals surface area (Å²) in [5.74, 6) is 1.01. The van der Waals surface area contributed by atoms with Crippen molar-refractivity contribution in [2.45, 2.75) is 25.9 Å². The number of nitrogens with two attached hydrogens (primary N) is 1. The molecule has 1 aromatic rings. The van der Waals surface area contributed by atoms with Gasteiger partial charge >= 0.3 is 0 Å². The molecule has 0 aromatic carbocycles. The Balaban J connectivity index is 1.95. The Morgan fingerprint density at radius 3 is 2.72 bits per heavy atom. The smallest absolute Gasteiger partial charge is 0.128 e. The maximum Gasteiger partial charge on any atom is 0.128 e. The minimum atomic E-state index is 0.0594. The van der Waals surface area contributed by atoms with E-state index in [9.17, 15) is 0 Å². The van der Waals surface area contributed by atoms with E-state index in [-0.39, 0.29) is 5.84 Å². The van der Waals surface area contributed by atoms with E-state index in [1.807, 2.05) is 19.1 Å². The van der Waals surface area contributed by atoms with E-state index < -0.39 is 0 Å². The van der Waals surface area contributed by atoms with Gasteiger partial charge in [0.2, 0.25) is 0 Å². The van der Waals surface area contributed by atoms with Crippen molar-refractivity contribution in [1.82, 2.24) is 4.98 Å². The summed E-state index contributed by atoms with van der Waals surface area (Å²) < 4.78 is 5.63. The molecule has 1 aliphatic heterocycles. The number of hydrogen-bond donors (Lipinski definition) is 2. The van der Waals surface area contributed by atoms with E-state index in [2.05, 4.69) is 9.88 Å². The maximum atomic E-state index is 7.33. The van der Waals surface area contributed by atoms with Crippen LogP contribution in [0.1, 0.15) is 25.3 Å². The van der Waals surface area contributed by atoms with Gasteiger partial charge in [-0.2, -0.15) is 0 Å². The number of aromatic nitrogens is 1. The Hall–Kier alpha value is -1.62. The highest BCUT2D eigenvalue weighted by atomic mass is 16.5. The fraction of sp³-hybridized carbons (Fsp3) is 0.538. The van der Waals surface area contributed by atoms with Crippen molar-refractivity contribution in [2.24, 2.45) is 5.73 Å². The number of ether oxygens (including phenoxy) is 1. The highest BCUT2D eigenvalue weighted by Crippen LogP contribution is 2.19. The average Bonchev–Trinajstić information content (AvgIpc) is 2.40. The molecule has 0 aliphatic carbocycles. The van der Waals surface area contributed by atoms with E-state index in [1.165, 1.54) is 0 Å². The first-order chi connectivity index (χ1) is 8.70. The minimum absolute atomic E-state index is 0.0594. The Morgan fingerprint density at radius 1 is 1.50 bits per heavy atom. The van der Waals surface area contributed by atoms with Gasteiger partial charge in [0, 0.05) is 31.5 Å². The summed E-state index contributed by atoms with van der Waals surface area (Å²) in [6, 6.07) is 3.77. The van der Waals surface area contributed by atoms with Gasteiger partial charge in [-0.3, -0.25) is 5.41 Å². The molecule has 0 atom stereocenters. The fourth-order valence-corrected chi connectivity index (χ4v) is 2.22. The predicted octanol–water partition coefficient (Wildman–Crippen LogP) is 1.37. The van der Waals surface area contributed by atoms with Gasteiger partial charge in [-0.1, -0.05) is 0 Å². The van der Waals surface area contributed by atoms with Crippen LogP contribution in [0.2, 0.25) is 0 Å². The molecule has 3 N–H and O–H groups in total. The van der Waals surface area contributed by atoms with Gasteiger partial charge in [-0.15, -0.1) is 0 Å². The van der Waals surface area contributed by atoms with Gasteiger partial charge in [0.05, 0.1) is 6.10 Å². The second-order valence-electron chi connectivity index (χ2n) is 4.46. The normalized spacial score (nSPS) is 16.8. The third-order valence-electron chi connectivity index (χ3n) is 3.23. The summed E-state index contributed by atoms with van der Waals surface area (Å²) in [6.45, 7) is 4.76. The lowest BCUT2D eigenvalue weighted by Gasteiger charge is -2.32. The predicted molar refractivity (Wildman–Crippen MR) is 72.1 cm³/mol. The summed E-state index contributed by atoms with van der Waals surface area (Å²) in [6.07, 6.45) is 4.14. The van der Waals surface area contributed by atoms with Crippen molar-refractivity contribution < 1.29 is 4.74 Å². The zero-order valence-electron chi connectivity index (χ0n) is 10.7. The van der Waals surface area contributed by atoms with Gasteiger partial charge in [0.1, 0.15) is 11.7 Å². The lowest BCUT2D eigenvalue weighted by Crippen LogP contribution is -2.37. The van der Waals surface area contributed by atoms with Crippen molar-refractivity contribution >= 4 is 11.7 Å². The van der Waals surface area contributed by atoms with Crippen LogP contribution in [0, 0.1) is 5.41 Å². The van der Waals surface area contributed by atoms with Gasteiger partial charge in [-0.05, 0) is 31.9 Å². The van der Waals surface area contributed by atoms with E-state index in [1.54, 1.807) is 6.20 Å². The SMILES string of the molecule is CCOC1CCN(c2ccc(C(=N)N)cn2)CC1. The molecule has 18 heavy (non-hydrogen) atoms. The Kier molecular flexibility index (Phi) is 4.15. The van der Waals surface area contributed by atoms with Gasteiger partial charge in [0.15, 0.2) is 0 Å². The molecule has 1 saturated heterocycles. The summed E-state index contributed by atoms with van der Waals surface area (Å²) in [4.78, 5) is 6.61. The minimum Gasteiger partial charge on any atom is -0.384 e. The van der Waals surface area contributed by atoms with E-state index in [0.717, 1.165) is 38.4 Å². The van der Waals surface area contributed by atoms with Crippen LogP contribution in [0.15, 0.2) is 18.3 Å². The number of nitrogen functional groups attached to an aromatic ring is 1. The lowest BCUT2D eigenvalue weighted by molar-refractivity contribution is 0.0458. The molecule has 1 fully saturated rings. The third-order valence-corrected chi connectivity index (χ3v) is 3.23. The molecule has 5 nitrogen and oxygen atoms in total. The molecule has 0 radical (unpaired) electrons. The highest BCUT2D eigenvalue weighted by Gasteiger charge is 2.20. The second kappa shape index (κ2) is 5.82. The lowest BCUT2D eigenvalue weighted by atomic mass is 10.1. The van der Waals surface area contributed by atoms with Crippen LogP contribution in [-0.2, 0) is 4.74 Å². The van der Waals surface area contributed by atoms with E-state index >= 15 is 0 Å². The molecule has 0 saturated carbocycles. The number of nitrogens with one attached hydrogen (secondary N) is 1. The second-order valence-corrected chi connectivity index (χ2v) is 4.46. The summed E-state index contributed by atoms with van der Waals surface area (Å²) in [5.41, 5.74) is 6.08. The summed E-state index contributed by atoms with van der Waals surface area (Å²) >= 11 is 0. The summed E-state index contributed by atoms with van der Waals surface area (Å²) in [5, 5.41) is 7.33. The molecule has 0 unspecified atom stereocenters. The van der Waals surface area contributed by atoms with Crippen LogP contribution < -0.4 is 10.6 Å². The molecule has 0 bridgehead atoms. The number of rotatable bonds is 4. The number of anilines is 1. The van der Waals surface area contributed by atoms with E-state index in [0.29, 0.717) is 11.7 Å². The zero-order valence-corrected chi connectivity index (χ0v) is 10.7. The first kappa shape index (κ1) is 12.8. The van der Waals surface area contributed by atoms with Crippen LogP contribution >= 0.6 is 0 Å². The largest absolute Gasteiger partial charge is 0.384 e. The van der Waals surface area contributed by atoms with Gasteiger partial charge in [0.25, 0.3) is 0 Å². The first-order valence-electron chi connectivity index (χ1n) is 6.37. The Morgan fingerprint density at radius 2 is 2.22 bits per heavy atom. The topological polar surface area (TPSA) is 75.2 Å². The zero-order chi connectivity index (χ0) is 13.0. The number of hydrogen-bond acceptors (Lipinski definition) is 4. The monoisotopic (exact) mass is 248 g/mol. The van der Waals surface area contributed by atoms with Crippen LogP contribution in [0.4, 0.5) is 5.82 Å². The van der Waals surface area contributed by atoms with Crippen LogP contribution in [0.3, 0.4) is 0 Å². The van der Waals surface area contributed by atoms with E-state index in [4.69, 9.17) is 15.9 Å². The molecule has 0 amide bonds. The first-order valence-corrected chi connectivity index (χ1v) is 6.37. The number of pyridine rings is 1. The quantitative estimate of drug-likeness (QED) is 0.623. The molecule has 0 spiro atoms. The molecule has 5 heteroatoms. The maximum absolute atomic E-state index is 7.33. The fourth-order valence-electron chi connectivity index (χ4n) is 2.22. The molecule has 2 heterocycles. The van der Waals surface area contributed by atoms with Crippen LogP contribution in [0.5, 0.6) is 0 Å². The standard InChI is InChI=1S/C13H20N4O/c1-2-18-11-5-7-17(8-6-11)12-4-3-10(9-16-12)13(14)15/h3-4,9,11H,2,5-8H2,1H3,(H3,14,15). The van der Waals surface area contributed by atoms with Crippen molar-refractivity contribution in [3.8, 4) is 0 Å². The number of nitrogens with zero attached hydrogens (tertiary/aromatic N) is 2. The third kappa shape index (κ3) is 2.98. The van der Waals surface area contributed by atoms with Crippen molar-refractivity contribution in [3.63, 3.8) is 0 Å². The van der Waals surface area contributed by atoms with Crippen molar-refractivity contribution in [1.29, 1.82) is 5.41 Å². The van der Waals surface area contributed by atoms with Gasteiger partial charge < -0.3 is 15.4 Å². The van der Waals surface area contributed by atoms with Gasteiger partial charge in [-0.25, -0.2) is 4.98 Å². The summed E-state index contributed by atoms with van der Waals surface area (Å²) in [7, 11) is 0. The highest BCUT2D eigenvalue weighted by molar-refractivity contribution is 5.94. The number of amidine groups is 1. The molecule has 98 valence electrons. The molecular formula is C13H20N4O. The Bertz CT molecular complexity index is 396. The van der Waals surface area contributed by atoms with Crippen LogP contribution in [0.25, 0.3) is 0 Å². The Labute approximate surface area is 107 Å². The molecule has 1 aromatic heterocycles. The van der Waals surface area contributed by atoms with Crippen molar-refractivity contribution in [3.05, 3.63) is 23.9 Å². The van der Waals surface area contributed by atoms with Crippen molar-refractivity contribution in [2.75, 3.05) is 24.6 Å². The average molecular weight is 248 g/mol. The molecular weight excluding hydrogens is 228 g/mol. The molecule has 1 aliphatic rings. The molecule has 2 rings (SSSR count).